The van der Waals surface area contributed by atoms with E-state index in [1.807, 2.05) is 16.7 Å². The first-order valence-electron chi connectivity index (χ1n) is 20.5. The molecule has 2 heterocycles. The van der Waals surface area contributed by atoms with Crippen molar-refractivity contribution >= 4 is 28.5 Å². The van der Waals surface area contributed by atoms with Gasteiger partial charge in [-0.05, 0) is 88.1 Å². The lowest BCUT2D eigenvalue weighted by atomic mass is 10.0. The summed E-state index contributed by atoms with van der Waals surface area (Å²) in [5.41, 5.74) is 2.34. The second-order valence-corrected chi connectivity index (χ2v) is 14.1. The van der Waals surface area contributed by atoms with Crippen LogP contribution in [0.1, 0.15) is 91.2 Å². The summed E-state index contributed by atoms with van der Waals surface area (Å²) >= 11 is 0. The number of allylic oxidation sites excluding steroid dienone is 10. The molecule has 0 bridgehead atoms. The SMILES string of the molecule is CCC=CCC=CCC=CCC=CCC=CCCCC(=O)NCCOCCNC(=O)c1cc(N2CCOCC2)cc2c1nc(C)n2Cc1cccc(C(F)(F)F)c1C. The monoisotopic (exact) mass is 803 g/mol. The molecule has 2 amide bonds. The quantitative estimate of drug-likeness (QED) is 0.0733. The molecule has 2 aromatic carbocycles. The number of nitrogens with zero attached hydrogens (tertiary/aromatic N) is 3. The molecule has 0 radical (unpaired) electrons. The molecule has 9 nitrogen and oxygen atoms in total. The van der Waals surface area contributed by atoms with Gasteiger partial charge < -0.3 is 29.6 Å². The minimum atomic E-state index is -4.46. The number of amides is 2. The van der Waals surface area contributed by atoms with E-state index in [-0.39, 0.29) is 37.1 Å². The molecule has 12 heteroatoms. The van der Waals surface area contributed by atoms with Gasteiger partial charge in [0.2, 0.25) is 5.91 Å². The van der Waals surface area contributed by atoms with Gasteiger partial charge in [-0.15, -0.1) is 0 Å². The van der Waals surface area contributed by atoms with Crippen LogP contribution in [-0.4, -0.2) is 74.0 Å². The summed E-state index contributed by atoms with van der Waals surface area (Å²) in [6.07, 6.45) is 24.1. The Balaban J connectivity index is 1.17. The molecule has 4 rings (SSSR count). The molecule has 0 atom stereocenters. The minimum absolute atomic E-state index is 0.0219. The standard InChI is InChI=1S/C46H60F3N5O4/c1-4-5-6-7-8-9-10-11-12-13-14-15-16-17-18-19-20-24-43(55)50-25-29-57-30-26-51-45(56)40-33-39(53-27-31-58-32-28-53)34-42-44(40)52-37(3)54(42)35-38-22-21-23-41(36(38)2)46(47,48)49/h5-6,8-9,11-12,14-15,17-18,21-23,33-34H,4,7,10,13,16,19-20,24-32,35H2,1-3H3,(H,50,55)(H,51,56). The van der Waals surface area contributed by atoms with Crippen molar-refractivity contribution in [3.63, 3.8) is 0 Å². The maximum Gasteiger partial charge on any atom is 0.416 e. The maximum absolute atomic E-state index is 13.7. The average Bonchev–Trinajstić information content (AvgIpc) is 3.52. The molecule has 0 spiro atoms. The molecule has 1 fully saturated rings. The molecular weight excluding hydrogens is 744 g/mol. The van der Waals surface area contributed by atoms with Crippen LogP contribution in [0.3, 0.4) is 0 Å². The summed E-state index contributed by atoms with van der Waals surface area (Å²) in [6.45, 7) is 9.13. The number of carbonyl (C=O) groups is 2. The van der Waals surface area contributed by atoms with Crippen LogP contribution in [0.25, 0.3) is 11.0 Å². The Morgan fingerprint density at radius 2 is 1.48 bits per heavy atom. The van der Waals surface area contributed by atoms with Crippen molar-refractivity contribution in [2.45, 2.75) is 84.9 Å². The molecule has 2 N–H and O–H groups in total. The smallest absolute Gasteiger partial charge is 0.378 e. The van der Waals surface area contributed by atoms with Crippen LogP contribution in [0, 0.1) is 13.8 Å². The molecule has 1 saturated heterocycles. The van der Waals surface area contributed by atoms with Crippen LogP contribution < -0.4 is 15.5 Å². The van der Waals surface area contributed by atoms with E-state index >= 15 is 0 Å². The number of aromatic nitrogens is 2. The highest BCUT2D eigenvalue weighted by Gasteiger charge is 2.33. The third kappa shape index (κ3) is 15.1. The molecule has 314 valence electrons. The summed E-state index contributed by atoms with van der Waals surface area (Å²) in [6, 6.07) is 7.96. The minimum Gasteiger partial charge on any atom is -0.378 e. The third-order valence-corrected chi connectivity index (χ3v) is 9.76. The van der Waals surface area contributed by atoms with Crippen molar-refractivity contribution in [1.29, 1.82) is 0 Å². The van der Waals surface area contributed by atoms with E-state index in [2.05, 4.69) is 83.2 Å². The zero-order valence-corrected chi connectivity index (χ0v) is 34.3. The Morgan fingerprint density at radius 3 is 2.12 bits per heavy atom. The van der Waals surface area contributed by atoms with Gasteiger partial charge in [0.1, 0.15) is 11.3 Å². The fourth-order valence-electron chi connectivity index (χ4n) is 6.57. The van der Waals surface area contributed by atoms with Crippen molar-refractivity contribution in [2.24, 2.45) is 0 Å². The van der Waals surface area contributed by atoms with E-state index in [9.17, 15) is 22.8 Å². The Morgan fingerprint density at radius 1 is 0.862 bits per heavy atom. The number of hydrogen-bond acceptors (Lipinski definition) is 6. The lowest BCUT2D eigenvalue weighted by Gasteiger charge is -2.29. The van der Waals surface area contributed by atoms with E-state index in [0.717, 1.165) is 56.7 Å². The van der Waals surface area contributed by atoms with Crippen LogP contribution in [0.5, 0.6) is 0 Å². The normalized spacial score (nSPS) is 14.1. The first-order chi connectivity index (χ1) is 28.1. The summed E-state index contributed by atoms with van der Waals surface area (Å²) in [5.74, 6) is 0.232. The Bertz CT molecular complexity index is 1900. The van der Waals surface area contributed by atoms with Gasteiger partial charge in [0.05, 0.1) is 43.1 Å². The molecule has 58 heavy (non-hydrogen) atoms. The molecule has 3 aromatic rings. The number of alkyl halides is 3. The first-order valence-corrected chi connectivity index (χ1v) is 20.5. The highest BCUT2D eigenvalue weighted by atomic mass is 19.4. The number of fused-ring (bicyclic) bond motifs is 1. The second kappa shape index (κ2) is 24.7. The average molecular weight is 804 g/mol. The molecule has 1 aliphatic heterocycles. The molecule has 0 saturated carbocycles. The van der Waals surface area contributed by atoms with Gasteiger partial charge in [-0.3, -0.25) is 9.59 Å². The van der Waals surface area contributed by atoms with Crippen molar-refractivity contribution in [3.05, 3.63) is 119 Å². The maximum atomic E-state index is 13.7. The molecule has 0 aliphatic carbocycles. The van der Waals surface area contributed by atoms with Crippen LogP contribution in [-0.2, 0) is 27.0 Å². The molecule has 1 aliphatic rings. The van der Waals surface area contributed by atoms with Gasteiger partial charge in [-0.2, -0.15) is 13.2 Å². The number of ether oxygens (including phenoxy) is 2. The number of carbonyl (C=O) groups excluding carboxylic acids is 2. The summed E-state index contributed by atoms with van der Waals surface area (Å²) in [7, 11) is 0. The van der Waals surface area contributed by atoms with Crippen molar-refractivity contribution in [3.8, 4) is 0 Å². The largest absolute Gasteiger partial charge is 0.416 e. The number of morpholine rings is 1. The highest BCUT2D eigenvalue weighted by molar-refractivity contribution is 6.06. The summed E-state index contributed by atoms with van der Waals surface area (Å²) in [5, 5.41) is 5.80. The van der Waals surface area contributed by atoms with Crippen molar-refractivity contribution in [1.82, 2.24) is 20.2 Å². The predicted octanol–water partition coefficient (Wildman–Crippen LogP) is 9.34. The topological polar surface area (TPSA) is 97.7 Å². The van der Waals surface area contributed by atoms with Gasteiger partial charge in [-0.1, -0.05) is 79.8 Å². The van der Waals surface area contributed by atoms with Crippen molar-refractivity contribution in [2.75, 3.05) is 57.5 Å². The number of anilines is 1. The van der Waals surface area contributed by atoms with Crippen LogP contribution in [0.4, 0.5) is 18.9 Å². The van der Waals surface area contributed by atoms with Gasteiger partial charge in [0, 0.05) is 44.8 Å². The molecule has 0 unspecified atom stereocenters. The Hall–Kier alpha value is -4.94. The van der Waals surface area contributed by atoms with Gasteiger partial charge >= 0.3 is 6.18 Å². The lowest BCUT2D eigenvalue weighted by molar-refractivity contribution is -0.138. The number of rotatable bonds is 23. The van der Waals surface area contributed by atoms with E-state index in [1.54, 1.807) is 13.0 Å². The highest BCUT2D eigenvalue weighted by Crippen LogP contribution is 2.34. The number of aryl methyl sites for hydroxylation is 1. The lowest BCUT2D eigenvalue weighted by Crippen LogP contribution is -2.36. The fourth-order valence-corrected chi connectivity index (χ4v) is 6.57. The zero-order valence-electron chi connectivity index (χ0n) is 34.3. The molecular formula is C46H60F3N5O4. The van der Waals surface area contributed by atoms with E-state index in [0.29, 0.717) is 73.9 Å². The number of hydrogen-bond donors (Lipinski definition) is 2. The van der Waals surface area contributed by atoms with E-state index < -0.39 is 11.7 Å². The fraction of sp³-hybridized carbons (Fsp3) is 0.457. The van der Waals surface area contributed by atoms with E-state index in [1.165, 1.54) is 13.0 Å². The van der Waals surface area contributed by atoms with Gasteiger partial charge in [0.25, 0.3) is 5.91 Å². The number of imidazole rings is 1. The van der Waals surface area contributed by atoms with E-state index in [4.69, 9.17) is 14.5 Å². The van der Waals surface area contributed by atoms with Crippen LogP contribution >= 0.6 is 0 Å². The van der Waals surface area contributed by atoms with Crippen LogP contribution in [0.15, 0.2) is 91.1 Å². The van der Waals surface area contributed by atoms with Crippen LogP contribution in [0.2, 0.25) is 0 Å². The second-order valence-electron chi connectivity index (χ2n) is 14.1. The Kier molecular flexibility index (Phi) is 19.5. The van der Waals surface area contributed by atoms with Gasteiger partial charge in [0.15, 0.2) is 0 Å². The number of nitrogens with one attached hydrogen (secondary N) is 2. The summed E-state index contributed by atoms with van der Waals surface area (Å²) in [4.78, 5) is 32.7. The van der Waals surface area contributed by atoms with Gasteiger partial charge in [-0.25, -0.2) is 4.98 Å². The number of benzene rings is 2. The van der Waals surface area contributed by atoms with Crippen molar-refractivity contribution < 1.29 is 32.2 Å². The number of unbranched alkanes of at least 4 members (excludes halogenated alkanes) is 1. The molecule has 1 aromatic heterocycles. The number of halogens is 3. The Labute approximate surface area is 341 Å². The first kappa shape index (κ1) is 45.8. The predicted molar refractivity (Wildman–Crippen MR) is 227 cm³/mol. The zero-order chi connectivity index (χ0) is 41.6. The summed E-state index contributed by atoms with van der Waals surface area (Å²) < 4.78 is 54.2. The third-order valence-electron chi connectivity index (χ3n) is 9.76.